The van der Waals surface area contributed by atoms with E-state index in [0.717, 1.165) is 31.4 Å². The zero-order valence-electron chi connectivity index (χ0n) is 15.9. The van der Waals surface area contributed by atoms with Gasteiger partial charge in [-0.25, -0.2) is 4.79 Å². The highest BCUT2D eigenvalue weighted by molar-refractivity contribution is 5.69. The summed E-state index contributed by atoms with van der Waals surface area (Å²) in [7, 11) is 0. The molecule has 0 aromatic heterocycles. The van der Waals surface area contributed by atoms with Crippen LogP contribution in [0, 0.1) is 5.41 Å². The molecule has 3 fully saturated rings. The number of piperidine rings is 1. The van der Waals surface area contributed by atoms with E-state index >= 15 is 0 Å². The number of aliphatic hydroxyl groups is 1. The zero-order chi connectivity index (χ0) is 18.9. The third-order valence-corrected chi connectivity index (χ3v) is 6.49. The molecule has 3 aliphatic rings. The maximum absolute atomic E-state index is 12.8. The number of amides is 1. The number of hydrogen-bond donors (Lipinski definition) is 1. The predicted molar refractivity (Wildman–Crippen MR) is 99.0 cm³/mol. The fourth-order valence-electron chi connectivity index (χ4n) is 4.51. The Morgan fingerprint density at radius 2 is 2.15 bits per heavy atom. The maximum Gasteiger partial charge on any atom is 0.410 e. The number of ether oxygens (including phenoxy) is 3. The molecule has 27 heavy (non-hydrogen) atoms. The summed E-state index contributed by atoms with van der Waals surface area (Å²) in [6.45, 7) is 3.86. The average Bonchev–Trinajstić information content (AvgIpc) is 3.28. The minimum absolute atomic E-state index is 0.204. The van der Waals surface area contributed by atoms with E-state index in [-0.39, 0.29) is 30.4 Å². The second-order valence-corrected chi connectivity index (χ2v) is 8.25. The van der Waals surface area contributed by atoms with Crippen molar-refractivity contribution in [2.75, 3.05) is 19.8 Å². The molecule has 0 bridgehead atoms. The number of likely N-dealkylation sites (tertiary alicyclic amines) is 1. The molecule has 2 heterocycles. The summed E-state index contributed by atoms with van der Waals surface area (Å²) >= 11 is 0. The topological polar surface area (TPSA) is 68.2 Å². The number of carbonyl (C=O) groups excluding carboxylic acids is 1. The molecule has 1 saturated carbocycles. The summed E-state index contributed by atoms with van der Waals surface area (Å²) in [6.07, 6.45) is 3.78. The van der Waals surface area contributed by atoms with Gasteiger partial charge < -0.3 is 24.2 Å². The van der Waals surface area contributed by atoms with Crippen LogP contribution in [0.2, 0.25) is 0 Å². The summed E-state index contributed by atoms with van der Waals surface area (Å²) in [5.41, 5.74) is -0.0727. The molecule has 6 heteroatoms. The number of benzene rings is 1. The Hall–Kier alpha value is -1.63. The highest BCUT2D eigenvalue weighted by atomic mass is 16.7. The van der Waals surface area contributed by atoms with Gasteiger partial charge in [-0.3, -0.25) is 0 Å². The molecule has 1 aromatic rings. The van der Waals surface area contributed by atoms with Gasteiger partial charge in [0.15, 0.2) is 6.29 Å². The Kier molecular flexibility index (Phi) is 5.14. The number of rotatable bonds is 5. The van der Waals surface area contributed by atoms with Crippen LogP contribution >= 0.6 is 0 Å². The van der Waals surface area contributed by atoms with Crippen molar-refractivity contribution in [3.8, 4) is 0 Å². The second kappa shape index (κ2) is 7.41. The van der Waals surface area contributed by atoms with Gasteiger partial charge in [0.05, 0.1) is 18.2 Å². The van der Waals surface area contributed by atoms with Crippen molar-refractivity contribution in [2.45, 2.75) is 63.6 Å². The lowest BCUT2D eigenvalue weighted by Crippen LogP contribution is -2.55. The van der Waals surface area contributed by atoms with Gasteiger partial charge in [0, 0.05) is 18.6 Å². The van der Waals surface area contributed by atoms with Gasteiger partial charge in [-0.15, -0.1) is 0 Å². The Morgan fingerprint density at radius 1 is 1.33 bits per heavy atom. The minimum Gasteiger partial charge on any atom is -0.445 e. The lowest BCUT2D eigenvalue weighted by molar-refractivity contribution is -0.177. The van der Waals surface area contributed by atoms with Gasteiger partial charge in [0.1, 0.15) is 6.61 Å². The van der Waals surface area contributed by atoms with E-state index in [2.05, 4.69) is 0 Å². The van der Waals surface area contributed by atoms with Crippen LogP contribution in [0.15, 0.2) is 30.3 Å². The lowest BCUT2D eigenvalue weighted by atomic mass is 9.88. The molecule has 0 spiro atoms. The van der Waals surface area contributed by atoms with Gasteiger partial charge in [0.25, 0.3) is 0 Å². The van der Waals surface area contributed by atoms with Crippen LogP contribution in [0.3, 0.4) is 0 Å². The van der Waals surface area contributed by atoms with Crippen LogP contribution in [0.5, 0.6) is 0 Å². The van der Waals surface area contributed by atoms with Gasteiger partial charge in [-0.05, 0) is 37.7 Å². The van der Waals surface area contributed by atoms with Gasteiger partial charge in [-0.2, -0.15) is 0 Å². The van der Waals surface area contributed by atoms with E-state index in [1.807, 2.05) is 37.3 Å². The predicted octanol–water partition coefficient (Wildman–Crippen LogP) is 3.08. The molecule has 1 amide bonds. The van der Waals surface area contributed by atoms with Crippen molar-refractivity contribution in [3.05, 3.63) is 35.9 Å². The molecule has 1 aliphatic carbocycles. The molecule has 148 valence electrons. The summed E-state index contributed by atoms with van der Waals surface area (Å²) < 4.78 is 17.2. The maximum atomic E-state index is 12.8. The van der Waals surface area contributed by atoms with Crippen LogP contribution in [0.1, 0.15) is 44.6 Å². The van der Waals surface area contributed by atoms with Crippen LogP contribution in [-0.4, -0.2) is 53.8 Å². The monoisotopic (exact) mass is 375 g/mol. The Bertz CT molecular complexity index is 662. The number of carbonyl (C=O) groups is 1. The molecule has 4 atom stereocenters. The lowest BCUT2D eigenvalue weighted by Gasteiger charge is -2.41. The molecule has 1 N–H and O–H groups in total. The summed E-state index contributed by atoms with van der Waals surface area (Å²) in [5, 5.41) is 10.8. The SMILES string of the molecule is CC12CC1(O)CCN(C(=O)OCc1ccccc1)C2COC1CCCCO1. The van der Waals surface area contributed by atoms with E-state index in [9.17, 15) is 9.90 Å². The molecule has 4 rings (SSSR count). The second-order valence-electron chi connectivity index (χ2n) is 8.25. The van der Waals surface area contributed by atoms with Gasteiger partial charge in [-0.1, -0.05) is 37.3 Å². The van der Waals surface area contributed by atoms with Gasteiger partial charge >= 0.3 is 6.09 Å². The highest BCUT2D eigenvalue weighted by Crippen LogP contribution is 2.63. The van der Waals surface area contributed by atoms with Crippen molar-refractivity contribution in [2.24, 2.45) is 5.41 Å². The van der Waals surface area contributed by atoms with Crippen molar-refractivity contribution < 1.29 is 24.1 Å². The van der Waals surface area contributed by atoms with Crippen molar-refractivity contribution >= 4 is 6.09 Å². The summed E-state index contributed by atoms with van der Waals surface area (Å²) in [6, 6.07) is 9.46. The fourth-order valence-corrected chi connectivity index (χ4v) is 4.51. The first-order valence-corrected chi connectivity index (χ1v) is 9.95. The normalized spacial score (nSPS) is 35.4. The average molecular weight is 375 g/mol. The van der Waals surface area contributed by atoms with Gasteiger partial charge in [0.2, 0.25) is 0 Å². The van der Waals surface area contributed by atoms with Crippen LogP contribution in [0.4, 0.5) is 4.79 Å². The molecular formula is C21H29NO5. The summed E-state index contributed by atoms with van der Waals surface area (Å²) in [4.78, 5) is 14.5. The number of fused-ring (bicyclic) bond motifs is 1. The quantitative estimate of drug-likeness (QED) is 0.857. The largest absolute Gasteiger partial charge is 0.445 e. The fraction of sp³-hybridized carbons (Fsp3) is 0.667. The molecule has 1 aromatic carbocycles. The van der Waals surface area contributed by atoms with Crippen LogP contribution < -0.4 is 0 Å². The Balaban J connectivity index is 1.40. The standard InChI is InChI=1S/C21H29NO5/c1-20-15-21(20,24)10-11-22(17(20)14-26-18-9-5-6-12-25-18)19(23)27-13-16-7-3-2-4-8-16/h2-4,7-8,17-18,24H,5-6,9-15H2,1H3. The van der Waals surface area contributed by atoms with Crippen molar-refractivity contribution in [3.63, 3.8) is 0 Å². The smallest absolute Gasteiger partial charge is 0.410 e. The van der Waals surface area contributed by atoms with E-state index in [0.29, 0.717) is 26.0 Å². The third-order valence-electron chi connectivity index (χ3n) is 6.49. The Labute approximate surface area is 160 Å². The van der Waals surface area contributed by atoms with Crippen LogP contribution in [0.25, 0.3) is 0 Å². The summed E-state index contributed by atoms with van der Waals surface area (Å²) in [5.74, 6) is 0. The number of hydrogen-bond acceptors (Lipinski definition) is 5. The molecular weight excluding hydrogens is 346 g/mol. The van der Waals surface area contributed by atoms with Crippen molar-refractivity contribution in [1.29, 1.82) is 0 Å². The Morgan fingerprint density at radius 3 is 2.89 bits per heavy atom. The minimum atomic E-state index is -0.690. The first-order chi connectivity index (χ1) is 13.0. The first kappa shape index (κ1) is 18.7. The third kappa shape index (κ3) is 3.71. The molecule has 2 aliphatic heterocycles. The first-order valence-electron chi connectivity index (χ1n) is 9.95. The molecule has 2 saturated heterocycles. The van der Waals surface area contributed by atoms with Crippen molar-refractivity contribution in [1.82, 2.24) is 4.90 Å². The molecule has 0 radical (unpaired) electrons. The molecule has 6 nitrogen and oxygen atoms in total. The van der Waals surface area contributed by atoms with E-state index in [4.69, 9.17) is 14.2 Å². The van der Waals surface area contributed by atoms with E-state index in [1.165, 1.54) is 0 Å². The van der Waals surface area contributed by atoms with E-state index in [1.54, 1.807) is 4.90 Å². The van der Waals surface area contributed by atoms with E-state index < -0.39 is 5.60 Å². The highest BCUT2D eigenvalue weighted by Gasteiger charge is 2.71. The zero-order valence-corrected chi connectivity index (χ0v) is 15.9. The van der Waals surface area contributed by atoms with Crippen LogP contribution in [-0.2, 0) is 20.8 Å². The molecule has 4 unspecified atom stereocenters. The number of nitrogens with zero attached hydrogens (tertiary/aromatic N) is 1.